The van der Waals surface area contributed by atoms with Crippen LogP contribution in [-0.4, -0.2) is 25.7 Å². The molecule has 0 saturated heterocycles. The molecule has 1 atom stereocenters. The Morgan fingerprint density at radius 1 is 1.33 bits per heavy atom. The van der Waals surface area contributed by atoms with E-state index >= 15 is 0 Å². The van der Waals surface area contributed by atoms with Gasteiger partial charge in [0.25, 0.3) is 5.91 Å². The smallest absolute Gasteiger partial charge is 0.257 e. The summed E-state index contributed by atoms with van der Waals surface area (Å²) >= 11 is 5.66. The zero-order valence-electron chi connectivity index (χ0n) is 12.9. The molecule has 1 aliphatic rings. The molecule has 126 valence electrons. The Morgan fingerprint density at radius 3 is 3.00 bits per heavy atom. The summed E-state index contributed by atoms with van der Waals surface area (Å²) in [6.07, 6.45) is 0.866. The van der Waals surface area contributed by atoms with Crippen LogP contribution in [0.1, 0.15) is 5.56 Å². The van der Waals surface area contributed by atoms with Crippen molar-refractivity contribution in [2.24, 2.45) is 5.92 Å². The molecule has 6 heteroatoms. The van der Waals surface area contributed by atoms with Gasteiger partial charge in [-0.1, -0.05) is 29.8 Å². The third kappa shape index (κ3) is 4.17. The summed E-state index contributed by atoms with van der Waals surface area (Å²) in [4.78, 5) is 11.9. The van der Waals surface area contributed by atoms with Gasteiger partial charge in [0, 0.05) is 18.5 Å². The molecule has 0 bridgehead atoms. The minimum atomic E-state index is -0.522. The number of nitrogens with one attached hydrogen (secondary N) is 1. The quantitative estimate of drug-likeness (QED) is 0.901. The van der Waals surface area contributed by atoms with E-state index in [1.54, 1.807) is 0 Å². The third-order valence-corrected chi connectivity index (χ3v) is 4.09. The lowest BCUT2D eigenvalue weighted by molar-refractivity contribution is -0.123. The number of benzene rings is 2. The highest BCUT2D eigenvalue weighted by Crippen LogP contribution is 2.26. The molecule has 0 spiro atoms. The highest BCUT2D eigenvalue weighted by Gasteiger charge is 2.20. The van der Waals surface area contributed by atoms with Crippen LogP contribution in [0.3, 0.4) is 0 Å². The normalized spacial score (nSPS) is 16.0. The minimum Gasteiger partial charge on any atom is -0.493 e. The van der Waals surface area contributed by atoms with E-state index in [0.29, 0.717) is 18.9 Å². The Kier molecular flexibility index (Phi) is 5.20. The summed E-state index contributed by atoms with van der Waals surface area (Å²) in [5.74, 6) is 0.729. The van der Waals surface area contributed by atoms with Crippen molar-refractivity contribution in [1.82, 2.24) is 5.32 Å². The van der Waals surface area contributed by atoms with Crippen LogP contribution >= 0.6 is 11.6 Å². The number of hydrogen-bond donors (Lipinski definition) is 1. The Bertz CT molecular complexity index is 738. The van der Waals surface area contributed by atoms with Gasteiger partial charge in [-0.05, 0) is 30.2 Å². The van der Waals surface area contributed by atoms with Crippen LogP contribution in [-0.2, 0) is 11.2 Å². The van der Waals surface area contributed by atoms with E-state index in [1.165, 1.54) is 18.2 Å². The molecule has 1 amide bonds. The van der Waals surface area contributed by atoms with E-state index in [9.17, 15) is 9.18 Å². The van der Waals surface area contributed by atoms with Gasteiger partial charge in [0.1, 0.15) is 17.3 Å². The second-order valence-electron chi connectivity index (χ2n) is 5.66. The first-order valence-electron chi connectivity index (χ1n) is 7.67. The average Bonchev–Trinajstić information content (AvgIpc) is 2.60. The zero-order valence-corrected chi connectivity index (χ0v) is 13.7. The van der Waals surface area contributed by atoms with E-state index in [4.69, 9.17) is 21.1 Å². The van der Waals surface area contributed by atoms with Gasteiger partial charge < -0.3 is 14.8 Å². The second kappa shape index (κ2) is 7.53. The molecule has 0 aromatic heterocycles. The van der Waals surface area contributed by atoms with Crippen LogP contribution in [0.4, 0.5) is 4.39 Å². The Morgan fingerprint density at radius 2 is 2.17 bits per heavy atom. The van der Waals surface area contributed by atoms with Gasteiger partial charge in [-0.2, -0.15) is 0 Å². The lowest BCUT2D eigenvalue weighted by Crippen LogP contribution is -2.37. The molecule has 0 aliphatic carbocycles. The van der Waals surface area contributed by atoms with E-state index in [0.717, 1.165) is 17.7 Å². The van der Waals surface area contributed by atoms with Crippen LogP contribution in [0.25, 0.3) is 0 Å². The van der Waals surface area contributed by atoms with Crippen LogP contribution < -0.4 is 14.8 Å². The number of fused-ring (bicyclic) bond motifs is 1. The molecule has 1 aliphatic heterocycles. The van der Waals surface area contributed by atoms with Crippen LogP contribution in [0.5, 0.6) is 11.5 Å². The molecule has 1 heterocycles. The van der Waals surface area contributed by atoms with E-state index in [1.807, 2.05) is 24.3 Å². The summed E-state index contributed by atoms with van der Waals surface area (Å²) in [5, 5.41) is 2.79. The van der Waals surface area contributed by atoms with Crippen LogP contribution in [0, 0.1) is 11.7 Å². The largest absolute Gasteiger partial charge is 0.493 e. The van der Waals surface area contributed by atoms with Crippen molar-refractivity contribution in [3.8, 4) is 11.5 Å². The Hall–Kier alpha value is -2.27. The first-order valence-corrected chi connectivity index (χ1v) is 8.05. The summed E-state index contributed by atoms with van der Waals surface area (Å²) in [7, 11) is 0. The zero-order chi connectivity index (χ0) is 16.9. The number of ether oxygens (including phenoxy) is 2. The summed E-state index contributed by atoms with van der Waals surface area (Å²) in [6, 6.07) is 11.9. The van der Waals surface area contributed by atoms with Gasteiger partial charge in [-0.15, -0.1) is 0 Å². The highest BCUT2D eigenvalue weighted by molar-refractivity contribution is 6.30. The second-order valence-corrected chi connectivity index (χ2v) is 6.06. The number of carbonyl (C=O) groups excluding carboxylic acids is 1. The SMILES string of the molecule is O=C(COc1ccc(F)c(Cl)c1)NCC1COc2ccccc2C1. The number of halogens is 2. The fourth-order valence-electron chi connectivity index (χ4n) is 2.55. The molecule has 1 unspecified atom stereocenters. The number of para-hydroxylation sites is 1. The minimum absolute atomic E-state index is 0.0362. The topological polar surface area (TPSA) is 47.6 Å². The Balaban J connectivity index is 1.44. The van der Waals surface area contributed by atoms with E-state index in [-0.39, 0.29) is 23.5 Å². The molecule has 2 aromatic carbocycles. The first-order chi connectivity index (χ1) is 11.6. The lowest BCUT2D eigenvalue weighted by atomic mass is 9.97. The number of rotatable bonds is 5. The molecule has 0 radical (unpaired) electrons. The van der Waals surface area contributed by atoms with Crippen LogP contribution in [0.2, 0.25) is 5.02 Å². The number of carbonyl (C=O) groups is 1. The molecule has 1 N–H and O–H groups in total. The van der Waals surface area contributed by atoms with E-state index in [2.05, 4.69) is 5.32 Å². The summed E-state index contributed by atoms with van der Waals surface area (Å²) in [5.41, 5.74) is 1.15. The van der Waals surface area contributed by atoms with Crippen molar-refractivity contribution in [3.63, 3.8) is 0 Å². The van der Waals surface area contributed by atoms with Gasteiger partial charge in [0.15, 0.2) is 6.61 Å². The lowest BCUT2D eigenvalue weighted by Gasteiger charge is -2.25. The van der Waals surface area contributed by atoms with Crippen molar-refractivity contribution in [3.05, 3.63) is 58.9 Å². The molecule has 3 rings (SSSR count). The fourth-order valence-corrected chi connectivity index (χ4v) is 2.72. The fraction of sp³-hybridized carbons (Fsp3) is 0.278. The molecule has 0 saturated carbocycles. The van der Waals surface area contributed by atoms with Gasteiger partial charge in [-0.25, -0.2) is 4.39 Å². The van der Waals surface area contributed by atoms with E-state index < -0.39 is 5.82 Å². The molecule has 0 fully saturated rings. The molecular formula is C18H17ClFNO3. The monoisotopic (exact) mass is 349 g/mol. The maximum Gasteiger partial charge on any atom is 0.257 e. The first kappa shape index (κ1) is 16.6. The third-order valence-electron chi connectivity index (χ3n) is 3.80. The maximum atomic E-state index is 13.1. The summed E-state index contributed by atoms with van der Waals surface area (Å²) in [6.45, 7) is 0.943. The predicted molar refractivity (Wildman–Crippen MR) is 89.0 cm³/mol. The van der Waals surface area contributed by atoms with Crippen molar-refractivity contribution < 1.29 is 18.7 Å². The highest BCUT2D eigenvalue weighted by atomic mass is 35.5. The van der Waals surface area contributed by atoms with Gasteiger partial charge in [0.2, 0.25) is 0 Å². The average molecular weight is 350 g/mol. The maximum absolute atomic E-state index is 13.1. The molecule has 24 heavy (non-hydrogen) atoms. The standard InChI is InChI=1S/C18H17ClFNO3/c19-15-8-14(5-6-16(15)20)23-11-18(22)21-9-12-7-13-3-1-2-4-17(13)24-10-12/h1-6,8,12H,7,9-11H2,(H,21,22). The summed E-state index contributed by atoms with van der Waals surface area (Å²) < 4.78 is 24.0. The number of amides is 1. The van der Waals surface area contributed by atoms with Gasteiger partial charge in [0.05, 0.1) is 11.6 Å². The van der Waals surface area contributed by atoms with Crippen molar-refractivity contribution >= 4 is 17.5 Å². The van der Waals surface area contributed by atoms with Crippen molar-refractivity contribution in [2.75, 3.05) is 19.8 Å². The molecule has 4 nitrogen and oxygen atoms in total. The van der Waals surface area contributed by atoms with Crippen molar-refractivity contribution in [1.29, 1.82) is 0 Å². The van der Waals surface area contributed by atoms with Gasteiger partial charge in [-0.3, -0.25) is 4.79 Å². The molecule has 2 aromatic rings. The van der Waals surface area contributed by atoms with Crippen LogP contribution in [0.15, 0.2) is 42.5 Å². The number of hydrogen-bond acceptors (Lipinski definition) is 3. The predicted octanol–water partition coefficient (Wildman–Crippen LogP) is 3.23. The molecular weight excluding hydrogens is 333 g/mol. The van der Waals surface area contributed by atoms with Gasteiger partial charge >= 0.3 is 0 Å². The Labute approximate surface area is 144 Å². The van der Waals surface area contributed by atoms with Crippen molar-refractivity contribution in [2.45, 2.75) is 6.42 Å².